The third-order valence-electron chi connectivity index (χ3n) is 2.61. The predicted molar refractivity (Wildman–Crippen MR) is 83.3 cm³/mol. The Morgan fingerprint density at radius 3 is 2.65 bits per heavy atom. The molecule has 114 valence electrons. The van der Waals surface area contributed by atoms with Gasteiger partial charge in [-0.05, 0) is 33.2 Å². The molecule has 1 aromatic carbocycles. The van der Waals surface area contributed by atoms with E-state index in [2.05, 4.69) is 10.2 Å². The normalized spacial score (nSPS) is 13.2. The van der Waals surface area contributed by atoms with Gasteiger partial charge in [-0.3, -0.25) is 0 Å². The molecule has 0 aliphatic carbocycles. The summed E-state index contributed by atoms with van der Waals surface area (Å²) in [4.78, 5) is 2.05. The first-order chi connectivity index (χ1) is 9.26. The zero-order chi connectivity index (χ0) is 15.2. The summed E-state index contributed by atoms with van der Waals surface area (Å²) in [5.41, 5.74) is 0.864. The maximum atomic E-state index is 11.2. The van der Waals surface area contributed by atoms with E-state index in [0.29, 0.717) is 6.61 Å². The van der Waals surface area contributed by atoms with Crippen LogP contribution >= 0.6 is 0 Å². The van der Waals surface area contributed by atoms with E-state index in [0.717, 1.165) is 18.0 Å². The zero-order valence-electron chi connectivity index (χ0n) is 12.6. The maximum Gasteiger partial charge on any atom is 0.149 e. The topological polar surface area (TPSA) is 58.6 Å². The van der Waals surface area contributed by atoms with Gasteiger partial charge in [0.25, 0.3) is 0 Å². The molecule has 0 saturated carbocycles. The summed E-state index contributed by atoms with van der Waals surface area (Å²) in [6.07, 6.45) is 1.24. The minimum Gasteiger partial charge on any atom is -0.492 e. The molecule has 1 atom stereocenters. The summed E-state index contributed by atoms with van der Waals surface area (Å²) in [7, 11) is 1.01. The molecular formula is C14H24N2O3S. The smallest absolute Gasteiger partial charge is 0.149 e. The molecule has 0 fully saturated rings. The van der Waals surface area contributed by atoms with Gasteiger partial charge in [0, 0.05) is 30.6 Å². The highest BCUT2D eigenvalue weighted by molar-refractivity contribution is 7.90. The SMILES string of the molecule is CC(CS(C)(=O)=O)Nc1cccc(OCCN(C)C)c1. The van der Waals surface area contributed by atoms with E-state index >= 15 is 0 Å². The van der Waals surface area contributed by atoms with E-state index in [1.165, 1.54) is 6.26 Å². The maximum absolute atomic E-state index is 11.2. The molecule has 1 aromatic rings. The minimum absolute atomic E-state index is 0.110. The fraction of sp³-hybridized carbons (Fsp3) is 0.571. The van der Waals surface area contributed by atoms with Crippen LogP contribution in [-0.2, 0) is 9.84 Å². The summed E-state index contributed by atoms with van der Waals surface area (Å²) in [6, 6.07) is 7.43. The van der Waals surface area contributed by atoms with Crippen LogP contribution in [0.5, 0.6) is 5.75 Å². The summed E-state index contributed by atoms with van der Waals surface area (Å²) >= 11 is 0. The summed E-state index contributed by atoms with van der Waals surface area (Å²) in [6.45, 7) is 3.32. The van der Waals surface area contributed by atoms with E-state index < -0.39 is 9.84 Å². The standard InChI is InChI=1S/C14H24N2O3S/c1-12(11-20(4,17)18)15-13-6-5-7-14(10-13)19-9-8-16(2)3/h5-7,10,12,15H,8-9,11H2,1-4H3. The zero-order valence-corrected chi connectivity index (χ0v) is 13.4. The molecule has 0 saturated heterocycles. The van der Waals surface area contributed by atoms with Crippen LogP contribution in [0.25, 0.3) is 0 Å². The van der Waals surface area contributed by atoms with E-state index in [9.17, 15) is 8.42 Å². The van der Waals surface area contributed by atoms with Crippen molar-refractivity contribution in [1.29, 1.82) is 0 Å². The van der Waals surface area contributed by atoms with Crippen molar-refractivity contribution in [2.75, 3.05) is 44.6 Å². The van der Waals surface area contributed by atoms with Crippen LogP contribution in [0.2, 0.25) is 0 Å². The van der Waals surface area contributed by atoms with Gasteiger partial charge in [0.2, 0.25) is 0 Å². The van der Waals surface area contributed by atoms with E-state index in [1.54, 1.807) is 0 Å². The van der Waals surface area contributed by atoms with Crippen LogP contribution in [0.4, 0.5) is 5.69 Å². The highest BCUT2D eigenvalue weighted by Crippen LogP contribution is 2.18. The number of nitrogens with zero attached hydrogens (tertiary/aromatic N) is 1. The Hall–Kier alpha value is -1.27. The molecule has 1 N–H and O–H groups in total. The molecule has 5 nitrogen and oxygen atoms in total. The van der Waals surface area contributed by atoms with Gasteiger partial charge in [0.15, 0.2) is 0 Å². The Bertz CT molecular complexity index is 515. The van der Waals surface area contributed by atoms with Crippen molar-refractivity contribution in [2.45, 2.75) is 13.0 Å². The highest BCUT2D eigenvalue weighted by atomic mass is 32.2. The Morgan fingerprint density at radius 1 is 1.35 bits per heavy atom. The first kappa shape index (κ1) is 16.8. The molecule has 0 aliphatic rings. The Balaban J connectivity index is 2.55. The van der Waals surface area contributed by atoms with Gasteiger partial charge in [-0.25, -0.2) is 8.42 Å². The van der Waals surface area contributed by atoms with Crippen molar-refractivity contribution in [1.82, 2.24) is 4.90 Å². The molecule has 0 aliphatic heterocycles. The van der Waals surface area contributed by atoms with Crippen molar-refractivity contribution in [3.63, 3.8) is 0 Å². The molecule has 6 heteroatoms. The molecule has 0 spiro atoms. The van der Waals surface area contributed by atoms with Crippen molar-refractivity contribution in [3.8, 4) is 5.75 Å². The molecule has 20 heavy (non-hydrogen) atoms. The fourth-order valence-electron chi connectivity index (χ4n) is 1.80. The molecule has 0 bridgehead atoms. The summed E-state index contributed by atoms with van der Waals surface area (Å²) in [5, 5.41) is 3.17. The van der Waals surface area contributed by atoms with E-state index in [4.69, 9.17) is 4.74 Å². The number of nitrogens with one attached hydrogen (secondary N) is 1. The number of rotatable bonds is 8. The molecule has 1 unspecified atom stereocenters. The minimum atomic E-state index is -2.98. The van der Waals surface area contributed by atoms with Gasteiger partial charge < -0.3 is 15.0 Å². The fourth-order valence-corrected chi connectivity index (χ4v) is 2.79. The summed E-state index contributed by atoms with van der Waals surface area (Å²) < 4.78 is 28.1. The Labute approximate surface area is 121 Å². The van der Waals surface area contributed by atoms with Crippen LogP contribution in [0.3, 0.4) is 0 Å². The number of sulfone groups is 1. The van der Waals surface area contributed by atoms with Gasteiger partial charge in [0.05, 0.1) is 5.75 Å². The van der Waals surface area contributed by atoms with Crippen LogP contribution in [-0.4, -0.2) is 58.6 Å². The molecule has 0 aromatic heterocycles. The lowest BCUT2D eigenvalue weighted by molar-refractivity contribution is 0.261. The number of anilines is 1. The van der Waals surface area contributed by atoms with Crippen molar-refractivity contribution in [3.05, 3.63) is 24.3 Å². The second-order valence-electron chi connectivity index (χ2n) is 5.32. The predicted octanol–water partition coefficient (Wildman–Crippen LogP) is 1.47. The number of hydrogen-bond donors (Lipinski definition) is 1. The largest absolute Gasteiger partial charge is 0.492 e. The van der Waals surface area contributed by atoms with Crippen LogP contribution in [0.15, 0.2) is 24.3 Å². The number of ether oxygens (including phenoxy) is 1. The highest BCUT2D eigenvalue weighted by Gasteiger charge is 2.10. The first-order valence-electron chi connectivity index (χ1n) is 6.58. The van der Waals surface area contributed by atoms with Gasteiger partial charge >= 0.3 is 0 Å². The molecule has 0 radical (unpaired) electrons. The molecular weight excluding hydrogens is 276 g/mol. The monoisotopic (exact) mass is 300 g/mol. The van der Waals surface area contributed by atoms with Crippen molar-refractivity contribution < 1.29 is 13.2 Å². The summed E-state index contributed by atoms with van der Waals surface area (Å²) in [5.74, 6) is 0.891. The third kappa shape index (κ3) is 7.35. The van der Waals surface area contributed by atoms with Gasteiger partial charge in [-0.1, -0.05) is 6.07 Å². The van der Waals surface area contributed by atoms with Gasteiger partial charge in [-0.2, -0.15) is 0 Å². The second kappa shape index (κ2) is 7.50. The Kier molecular flexibility index (Phi) is 6.29. The number of hydrogen-bond acceptors (Lipinski definition) is 5. The molecule has 1 rings (SSSR count). The lowest BCUT2D eigenvalue weighted by Crippen LogP contribution is -2.25. The van der Waals surface area contributed by atoms with Crippen LogP contribution in [0, 0.1) is 0 Å². The lowest BCUT2D eigenvalue weighted by Gasteiger charge is -2.16. The average Bonchev–Trinajstić information content (AvgIpc) is 2.26. The van der Waals surface area contributed by atoms with Gasteiger partial charge in [-0.15, -0.1) is 0 Å². The second-order valence-corrected chi connectivity index (χ2v) is 7.50. The lowest BCUT2D eigenvalue weighted by atomic mass is 10.2. The van der Waals surface area contributed by atoms with Crippen molar-refractivity contribution in [2.24, 2.45) is 0 Å². The molecule has 0 heterocycles. The molecule has 0 amide bonds. The quantitative estimate of drug-likeness (QED) is 0.788. The van der Waals surface area contributed by atoms with Crippen molar-refractivity contribution >= 4 is 15.5 Å². The number of likely N-dealkylation sites (N-methyl/N-ethyl adjacent to an activating group) is 1. The van der Waals surface area contributed by atoms with E-state index in [-0.39, 0.29) is 11.8 Å². The van der Waals surface area contributed by atoms with Crippen LogP contribution < -0.4 is 10.1 Å². The number of benzene rings is 1. The Morgan fingerprint density at radius 2 is 2.05 bits per heavy atom. The van der Waals surface area contributed by atoms with E-state index in [1.807, 2.05) is 45.3 Å². The third-order valence-corrected chi connectivity index (χ3v) is 3.71. The average molecular weight is 300 g/mol. The van der Waals surface area contributed by atoms with Gasteiger partial charge in [0.1, 0.15) is 22.2 Å². The first-order valence-corrected chi connectivity index (χ1v) is 8.64. The van der Waals surface area contributed by atoms with Crippen LogP contribution in [0.1, 0.15) is 6.92 Å².